The molecule has 0 heterocycles. The van der Waals surface area contributed by atoms with Gasteiger partial charge in [0.1, 0.15) is 6.10 Å². The standard InChI is InChI=1S/C12H24N2O2/c1-2-11(15)12(16)14-8-10(13)9-6-4-3-5-7-9/h9-11,15H,2-8,13H2,1H3,(H,14,16). The number of hydrogen-bond acceptors (Lipinski definition) is 3. The van der Waals surface area contributed by atoms with Gasteiger partial charge in [-0.3, -0.25) is 4.79 Å². The molecule has 16 heavy (non-hydrogen) atoms. The Balaban J connectivity index is 2.23. The third-order valence-electron chi connectivity index (χ3n) is 3.46. The summed E-state index contributed by atoms with van der Waals surface area (Å²) in [6.45, 7) is 2.27. The minimum atomic E-state index is -0.890. The molecule has 0 saturated heterocycles. The van der Waals surface area contributed by atoms with Gasteiger partial charge in [0, 0.05) is 12.6 Å². The molecule has 0 radical (unpaired) electrons. The quantitative estimate of drug-likeness (QED) is 0.651. The summed E-state index contributed by atoms with van der Waals surface area (Å²) in [5.74, 6) is 0.238. The van der Waals surface area contributed by atoms with Crippen LogP contribution in [0.4, 0.5) is 0 Å². The molecule has 4 N–H and O–H groups in total. The van der Waals surface area contributed by atoms with Crippen LogP contribution in [0.1, 0.15) is 45.4 Å². The molecule has 0 spiro atoms. The van der Waals surface area contributed by atoms with Crippen LogP contribution in [-0.2, 0) is 4.79 Å². The highest BCUT2D eigenvalue weighted by Gasteiger charge is 2.21. The average Bonchev–Trinajstić information content (AvgIpc) is 2.35. The summed E-state index contributed by atoms with van der Waals surface area (Å²) < 4.78 is 0. The Hall–Kier alpha value is -0.610. The summed E-state index contributed by atoms with van der Waals surface area (Å²) in [5, 5.41) is 12.0. The van der Waals surface area contributed by atoms with Crippen molar-refractivity contribution < 1.29 is 9.90 Å². The van der Waals surface area contributed by atoms with Crippen molar-refractivity contribution in [2.75, 3.05) is 6.54 Å². The number of rotatable bonds is 5. The molecule has 2 atom stereocenters. The molecule has 0 bridgehead atoms. The van der Waals surface area contributed by atoms with Crippen LogP contribution in [0, 0.1) is 5.92 Å². The molecule has 4 nitrogen and oxygen atoms in total. The lowest BCUT2D eigenvalue weighted by Crippen LogP contribution is -2.45. The number of carbonyl (C=O) groups is 1. The molecule has 0 aromatic rings. The predicted octanol–water partition coefficient (Wildman–Crippen LogP) is 0.781. The summed E-state index contributed by atoms with van der Waals surface area (Å²) in [6, 6.07) is 0.0355. The highest BCUT2D eigenvalue weighted by Crippen LogP contribution is 2.25. The Labute approximate surface area is 97.6 Å². The third kappa shape index (κ3) is 4.10. The van der Waals surface area contributed by atoms with E-state index in [1.54, 1.807) is 6.92 Å². The molecule has 94 valence electrons. The number of aliphatic hydroxyl groups excluding tert-OH is 1. The fourth-order valence-corrected chi connectivity index (χ4v) is 2.25. The molecule has 1 rings (SSSR count). The van der Waals surface area contributed by atoms with Crippen molar-refractivity contribution in [2.24, 2.45) is 11.7 Å². The Morgan fingerprint density at radius 2 is 2.06 bits per heavy atom. The maximum atomic E-state index is 11.3. The van der Waals surface area contributed by atoms with Crippen LogP contribution >= 0.6 is 0 Å². The second kappa shape index (κ2) is 6.86. The lowest BCUT2D eigenvalue weighted by atomic mass is 9.84. The van der Waals surface area contributed by atoms with Gasteiger partial charge in [0.2, 0.25) is 5.91 Å². The summed E-state index contributed by atoms with van der Waals surface area (Å²) in [4.78, 5) is 11.3. The zero-order valence-corrected chi connectivity index (χ0v) is 10.1. The highest BCUT2D eigenvalue weighted by molar-refractivity contribution is 5.80. The molecular formula is C12H24N2O2. The smallest absolute Gasteiger partial charge is 0.248 e. The van der Waals surface area contributed by atoms with Crippen molar-refractivity contribution in [2.45, 2.75) is 57.6 Å². The van der Waals surface area contributed by atoms with Gasteiger partial charge >= 0.3 is 0 Å². The topological polar surface area (TPSA) is 75.3 Å². The van der Waals surface area contributed by atoms with Crippen LogP contribution in [-0.4, -0.2) is 29.7 Å². The van der Waals surface area contributed by atoms with Gasteiger partial charge in [-0.25, -0.2) is 0 Å². The Morgan fingerprint density at radius 3 is 2.62 bits per heavy atom. The molecule has 1 aliphatic rings. The SMILES string of the molecule is CCC(O)C(=O)NCC(N)C1CCCCC1. The van der Waals surface area contributed by atoms with Gasteiger partial charge < -0.3 is 16.2 Å². The van der Waals surface area contributed by atoms with Crippen molar-refractivity contribution >= 4 is 5.91 Å². The van der Waals surface area contributed by atoms with Gasteiger partial charge in [-0.1, -0.05) is 26.2 Å². The van der Waals surface area contributed by atoms with E-state index in [1.165, 1.54) is 32.1 Å². The zero-order chi connectivity index (χ0) is 12.0. The van der Waals surface area contributed by atoms with Crippen molar-refractivity contribution in [1.82, 2.24) is 5.32 Å². The first-order chi connectivity index (χ1) is 7.65. The predicted molar refractivity (Wildman–Crippen MR) is 63.9 cm³/mol. The molecule has 2 unspecified atom stereocenters. The number of carbonyl (C=O) groups excluding carboxylic acids is 1. The van der Waals surface area contributed by atoms with Crippen LogP contribution < -0.4 is 11.1 Å². The summed E-state index contributed by atoms with van der Waals surface area (Å²) >= 11 is 0. The largest absolute Gasteiger partial charge is 0.383 e. The fraction of sp³-hybridized carbons (Fsp3) is 0.917. The van der Waals surface area contributed by atoms with Crippen molar-refractivity contribution in [1.29, 1.82) is 0 Å². The summed E-state index contributed by atoms with van der Waals surface area (Å²) in [6.07, 6.45) is 5.72. The Bertz CT molecular complexity index is 215. The van der Waals surface area contributed by atoms with Crippen molar-refractivity contribution in [3.05, 3.63) is 0 Å². The van der Waals surface area contributed by atoms with Crippen LogP contribution in [0.3, 0.4) is 0 Å². The molecule has 1 saturated carbocycles. The molecule has 0 aromatic heterocycles. The lowest BCUT2D eigenvalue weighted by Gasteiger charge is -2.27. The fourth-order valence-electron chi connectivity index (χ4n) is 2.25. The van der Waals surface area contributed by atoms with Gasteiger partial charge in [-0.15, -0.1) is 0 Å². The minimum Gasteiger partial charge on any atom is -0.383 e. The molecule has 4 heteroatoms. The van der Waals surface area contributed by atoms with E-state index in [0.29, 0.717) is 18.9 Å². The van der Waals surface area contributed by atoms with Crippen LogP contribution in [0.5, 0.6) is 0 Å². The summed E-state index contributed by atoms with van der Waals surface area (Å²) in [7, 11) is 0. The molecule has 1 aliphatic carbocycles. The second-order valence-corrected chi connectivity index (χ2v) is 4.73. The number of aliphatic hydroxyl groups is 1. The Morgan fingerprint density at radius 1 is 1.44 bits per heavy atom. The maximum absolute atomic E-state index is 11.3. The molecule has 1 amide bonds. The molecule has 0 aromatic carbocycles. The molecule has 0 aliphatic heterocycles. The third-order valence-corrected chi connectivity index (χ3v) is 3.46. The number of amides is 1. The van der Waals surface area contributed by atoms with E-state index in [1.807, 2.05) is 0 Å². The van der Waals surface area contributed by atoms with E-state index < -0.39 is 6.10 Å². The first-order valence-corrected chi connectivity index (χ1v) is 6.36. The Kier molecular flexibility index (Phi) is 5.77. The lowest BCUT2D eigenvalue weighted by molar-refractivity contribution is -0.129. The normalized spacial score (nSPS) is 21.4. The van der Waals surface area contributed by atoms with E-state index in [9.17, 15) is 9.90 Å². The maximum Gasteiger partial charge on any atom is 0.248 e. The van der Waals surface area contributed by atoms with E-state index in [0.717, 1.165) is 0 Å². The number of hydrogen-bond donors (Lipinski definition) is 3. The van der Waals surface area contributed by atoms with Gasteiger partial charge in [0.05, 0.1) is 0 Å². The second-order valence-electron chi connectivity index (χ2n) is 4.73. The molecular weight excluding hydrogens is 204 g/mol. The molecule has 1 fully saturated rings. The van der Waals surface area contributed by atoms with Crippen molar-refractivity contribution in [3.63, 3.8) is 0 Å². The number of nitrogens with two attached hydrogens (primary N) is 1. The number of nitrogens with one attached hydrogen (secondary N) is 1. The van der Waals surface area contributed by atoms with Gasteiger partial charge in [0.15, 0.2) is 0 Å². The average molecular weight is 228 g/mol. The monoisotopic (exact) mass is 228 g/mol. The first-order valence-electron chi connectivity index (χ1n) is 6.36. The zero-order valence-electron chi connectivity index (χ0n) is 10.1. The first kappa shape index (κ1) is 13.5. The van der Waals surface area contributed by atoms with E-state index in [-0.39, 0.29) is 11.9 Å². The van der Waals surface area contributed by atoms with Crippen molar-refractivity contribution in [3.8, 4) is 0 Å². The minimum absolute atomic E-state index is 0.0355. The van der Waals surface area contributed by atoms with Gasteiger partial charge in [0.25, 0.3) is 0 Å². The van der Waals surface area contributed by atoms with E-state index in [2.05, 4.69) is 5.32 Å². The van der Waals surface area contributed by atoms with Crippen LogP contribution in [0.15, 0.2) is 0 Å². The highest BCUT2D eigenvalue weighted by atomic mass is 16.3. The van der Waals surface area contributed by atoms with E-state index in [4.69, 9.17) is 5.73 Å². The van der Waals surface area contributed by atoms with Gasteiger partial charge in [-0.2, -0.15) is 0 Å². The summed E-state index contributed by atoms with van der Waals surface area (Å²) in [5.41, 5.74) is 6.04. The van der Waals surface area contributed by atoms with Gasteiger partial charge in [-0.05, 0) is 25.2 Å². The van der Waals surface area contributed by atoms with Crippen LogP contribution in [0.25, 0.3) is 0 Å². The van der Waals surface area contributed by atoms with E-state index >= 15 is 0 Å². The van der Waals surface area contributed by atoms with Crippen LogP contribution in [0.2, 0.25) is 0 Å².